The number of pyridine rings is 1. The van der Waals surface area contributed by atoms with Gasteiger partial charge in [-0.1, -0.05) is 18.7 Å². The largest absolute Gasteiger partial charge is 0.491 e. The summed E-state index contributed by atoms with van der Waals surface area (Å²) in [4.78, 5) is 10.8. The van der Waals surface area contributed by atoms with Crippen LogP contribution in [0.3, 0.4) is 0 Å². The predicted molar refractivity (Wildman–Crippen MR) is 89.3 cm³/mol. The maximum Gasteiger partial charge on any atom is 0.138 e. The summed E-state index contributed by atoms with van der Waals surface area (Å²) in [5.74, 6) is 1.74. The second-order valence-electron chi connectivity index (χ2n) is 5.17. The summed E-state index contributed by atoms with van der Waals surface area (Å²) in [6, 6.07) is 10.3. The molecule has 1 aliphatic rings. The molecule has 22 heavy (non-hydrogen) atoms. The van der Waals surface area contributed by atoms with Crippen LogP contribution in [0, 0.1) is 6.92 Å². The Kier molecular flexibility index (Phi) is 3.92. The van der Waals surface area contributed by atoms with Crippen molar-refractivity contribution >= 4 is 5.84 Å². The second kappa shape index (κ2) is 6.02. The summed E-state index contributed by atoms with van der Waals surface area (Å²) in [7, 11) is 1.79. The van der Waals surface area contributed by atoms with Crippen molar-refractivity contribution in [2.24, 2.45) is 4.99 Å². The highest BCUT2D eigenvalue weighted by Crippen LogP contribution is 2.30. The molecular weight excluding hydrogens is 274 g/mol. The van der Waals surface area contributed by atoms with Crippen molar-refractivity contribution in [3.63, 3.8) is 0 Å². The van der Waals surface area contributed by atoms with Crippen molar-refractivity contribution in [3.05, 3.63) is 60.6 Å². The van der Waals surface area contributed by atoms with E-state index in [4.69, 9.17) is 4.74 Å². The summed E-state index contributed by atoms with van der Waals surface area (Å²) < 4.78 is 5.91. The van der Waals surface area contributed by atoms with Crippen LogP contribution in [0.5, 0.6) is 5.75 Å². The molecule has 1 aromatic heterocycles. The maximum atomic E-state index is 5.91. The first-order chi connectivity index (χ1) is 10.7. The first-order valence-electron chi connectivity index (χ1n) is 7.29. The van der Waals surface area contributed by atoms with E-state index in [2.05, 4.69) is 40.8 Å². The molecule has 4 nitrogen and oxygen atoms in total. The quantitative estimate of drug-likeness (QED) is 0.853. The van der Waals surface area contributed by atoms with Crippen LogP contribution in [0.1, 0.15) is 11.3 Å². The average molecular weight is 293 g/mol. The first-order valence-corrected chi connectivity index (χ1v) is 7.29. The molecule has 0 radical (unpaired) electrons. The summed E-state index contributed by atoms with van der Waals surface area (Å²) >= 11 is 0. The van der Waals surface area contributed by atoms with Gasteiger partial charge < -0.3 is 9.64 Å². The van der Waals surface area contributed by atoms with Gasteiger partial charge in [-0.3, -0.25) is 9.98 Å². The first kappa shape index (κ1) is 14.3. The number of ether oxygens (including phenoxy) is 1. The van der Waals surface area contributed by atoms with E-state index in [0.29, 0.717) is 6.61 Å². The maximum absolute atomic E-state index is 5.91. The topological polar surface area (TPSA) is 37.7 Å². The van der Waals surface area contributed by atoms with Crippen molar-refractivity contribution in [1.29, 1.82) is 0 Å². The lowest BCUT2D eigenvalue weighted by atomic mass is 10.0. The van der Waals surface area contributed by atoms with Gasteiger partial charge in [-0.2, -0.15) is 0 Å². The van der Waals surface area contributed by atoms with Gasteiger partial charge >= 0.3 is 0 Å². The molecule has 1 aromatic carbocycles. The SMILES string of the molecule is C=CN1CCOc2cc(-c3ccc(C)nc3)ccc2C1=NC. The molecule has 112 valence electrons. The van der Waals surface area contributed by atoms with Crippen LogP contribution >= 0.6 is 0 Å². The van der Waals surface area contributed by atoms with E-state index in [9.17, 15) is 0 Å². The van der Waals surface area contributed by atoms with Crippen LogP contribution < -0.4 is 4.74 Å². The Morgan fingerprint density at radius 3 is 2.77 bits per heavy atom. The Labute approximate surface area is 130 Å². The Bertz CT molecular complexity index is 720. The molecule has 0 saturated heterocycles. The molecule has 1 aliphatic heterocycles. The number of fused-ring (bicyclic) bond motifs is 1. The number of aromatic nitrogens is 1. The van der Waals surface area contributed by atoms with E-state index in [1.54, 1.807) is 13.2 Å². The third kappa shape index (κ3) is 2.60. The molecule has 0 aliphatic carbocycles. The monoisotopic (exact) mass is 293 g/mol. The van der Waals surface area contributed by atoms with Gasteiger partial charge in [-0.25, -0.2) is 0 Å². The molecule has 4 heteroatoms. The van der Waals surface area contributed by atoms with Gasteiger partial charge in [0.1, 0.15) is 18.2 Å². The van der Waals surface area contributed by atoms with Gasteiger partial charge in [-0.05, 0) is 36.9 Å². The van der Waals surface area contributed by atoms with Crippen LogP contribution in [0.2, 0.25) is 0 Å². The minimum Gasteiger partial charge on any atom is -0.491 e. The molecule has 0 fully saturated rings. The van der Waals surface area contributed by atoms with Crippen molar-refractivity contribution in [1.82, 2.24) is 9.88 Å². The number of aliphatic imine (C=N–C) groups is 1. The van der Waals surface area contributed by atoms with Gasteiger partial charge in [0.05, 0.1) is 12.1 Å². The average Bonchev–Trinajstić information content (AvgIpc) is 2.73. The molecule has 0 unspecified atom stereocenters. The third-order valence-electron chi connectivity index (χ3n) is 3.76. The zero-order valence-electron chi connectivity index (χ0n) is 12.9. The van der Waals surface area contributed by atoms with E-state index >= 15 is 0 Å². The molecule has 2 heterocycles. The number of hydrogen-bond acceptors (Lipinski definition) is 3. The fraction of sp³-hybridized carbons (Fsp3) is 0.222. The summed E-state index contributed by atoms with van der Waals surface area (Å²) in [6.07, 6.45) is 3.68. The Morgan fingerprint density at radius 2 is 2.09 bits per heavy atom. The van der Waals surface area contributed by atoms with Crippen molar-refractivity contribution in [2.45, 2.75) is 6.92 Å². The zero-order valence-corrected chi connectivity index (χ0v) is 12.9. The lowest BCUT2D eigenvalue weighted by molar-refractivity contribution is 0.302. The Hall–Kier alpha value is -2.62. The number of hydrogen-bond donors (Lipinski definition) is 0. The van der Waals surface area contributed by atoms with Crippen LogP contribution in [-0.2, 0) is 0 Å². The number of nitrogens with zero attached hydrogens (tertiary/aromatic N) is 3. The van der Waals surface area contributed by atoms with Gasteiger partial charge in [0.25, 0.3) is 0 Å². The van der Waals surface area contributed by atoms with E-state index in [1.165, 1.54) is 0 Å². The minimum atomic E-state index is 0.605. The Morgan fingerprint density at radius 1 is 1.27 bits per heavy atom. The zero-order chi connectivity index (χ0) is 15.5. The molecule has 3 rings (SSSR count). The van der Waals surface area contributed by atoms with Crippen LogP contribution in [0.25, 0.3) is 11.1 Å². The van der Waals surface area contributed by atoms with E-state index in [1.807, 2.05) is 24.1 Å². The van der Waals surface area contributed by atoms with Gasteiger partial charge in [0.2, 0.25) is 0 Å². The van der Waals surface area contributed by atoms with Crippen molar-refractivity contribution < 1.29 is 4.74 Å². The predicted octanol–water partition coefficient (Wildman–Crippen LogP) is 3.27. The minimum absolute atomic E-state index is 0.605. The highest BCUT2D eigenvalue weighted by Gasteiger charge is 2.20. The molecule has 0 spiro atoms. The molecule has 0 saturated carbocycles. The molecule has 0 N–H and O–H groups in total. The molecular formula is C18H19N3O. The smallest absolute Gasteiger partial charge is 0.138 e. The Balaban J connectivity index is 2.05. The molecule has 0 atom stereocenters. The third-order valence-corrected chi connectivity index (χ3v) is 3.76. The number of aryl methyl sites for hydroxylation is 1. The van der Waals surface area contributed by atoms with Gasteiger partial charge in [0.15, 0.2) is 0 Å². The standard InChI is InChI=1S/C18H19N3O/c1-4-21-9-10-22-17-11-14(7-8-16(17)18(21)19-3)15-6-5-13(2)20-12-15/h4-8,11-12H,1,9-10H2,2-3H3. The molecule has 0 amide bonds. The number of amidine groups is 1. The normalized spacial score (nSPS) is 15.9. The lowest BCUT2D eigenvalue weighted by Gasteiger charge is -2.18. The van der Waals surface area contributed by atoms with E-state index in [0.717, 1.165) is 40.5 Å². The van der Waals surface area contributed by atoms with E-state index < -0.39 is 0 Å². The summed E-state index contributed by atoms with van der Waals surface area (Å²) in [5, 5.41) is 0. The fourth-order valence-electron chi connectivity index (χ4n) is 2.59. The summed E-state index contributed by atoms with van der Waals surface area (Å²) in [5.41, 5.74) is 4.17. The highest BCUT2D eigenvalue weighted by molar-refractivity contribution is 6.02. The molecule has 0 bridgehead atoms. The fourth-order valence-corrected chi connectivity index (χ4v) is 2.59. The second-order valence-corrected chi connectivity index (χ2v) is 5.17. The van der Waals surface area contributed by atoms with Crippen molar-refractivity contribution in [3.8, 4) is 16.9 Å². The highest BCUT2D eigenvalue weighted by atomic mass is 16.5. The lowest BCUT2D eigenvalue weighted by Crippen LogP contribution is -2.27. The molecule has 2 aromatic rings. The van der Waals surface area contributed by atoms with Crippen molar-refractivity contribution in [2.75, 3.05) is 20.2 Å². The number of benzene rings is 1. The number of rotatable bonds is 2. The van der Waals surface area contributed by atoms with Gasteiger partial charge in [0, 0.05) is 24.5 Å². The van der Waals surface area contributed by atoms with E-state index in [-0.39, 0.29) is 0 Å². The van der Waals surface area contributed by atoms with Crippen LogP contribution in [0.4, 0.5) is 0 Å². The van der Waals surface area contributed by atoms with Crippen LogP contribution in [0.15, 0.2) is 54.3 Å². The summed E-state index contributed by atoms with van der Waals surface area (Å²) in [6.45, 7) is 7.18. The van der Waals surface area contributed by atoms with Gasteiger partial charge in [-0.15, -0.1) is 0 Å². The van der Waals surface area contributed by atoms with Crippen LogP contribution in [-0.4, -0.2) is 35.9 Å².